The summed E-state index contributed by atoms with van der Waals surface area (Å²) in [5.74, 6) is 0.690. The van der Waals surface area contributed by atoms with Crippen LogP contribution in [-0.2, 0) is 0 Å². The van der Waals surface area contributed by atoms with Gasteiger partial charge in [0.25, 0.3) is 0 Å². The fraction of sp³-hybridized carbons (Fsp3) is 0.286. The van der Waals surface area contributed by atoms with Crippen molar-refractivity contribution in [2.45, 2.75) is 26.2 Å². The number of rotatable bonds is 2. The molecular formula is C14H14S2. The van der Waals surface area contributed by atoms with Gasteiger partial charge in [0.05, 0.1) is 0 Å². The molecule has 0 saturated carbocycles. The zero-order chi connectivity index (χ0) is 11.1. The van der Waals surface area contributed by atoms with Crippen molar-refractivity contribution in [1.82, 2.24) is 0 Å². The monoisotopic (exact) mass is 246 g/mol. The number of thiophene rings is 2. The molecule has 82 valence electrons. The minimum Gasteiger partial charge on any atom is -0.144 e. The van der Waals surface area contributed by atoms with Gasteiger partial charge in [-0.3, -0.25) is 0 Å². The molecule has 3 rings (SSSR count). The second-order valence-electron chi connectivity index (χ2n) is 4.31. The molecule has 1 atom stereocenters. The van der Waals surface area contributed by atoms with Gasteiger partial charge >= 0.3 is 0 Å². The Labute approximate surface area is 104 Å². The lowest BCUT2D eigenvalue weighted by Gasteiger charge is -2.02. The van der Waals surface area contributed by atoms with Crippen molar-refractivity contribution in [1.29, 1.82) is 0 Å². The van der Waals surface area contributed by atoms with Gasteiger partial charge < -0.3 is 0 Å². The standard InChI is InChI=1S/C14H14S2/c1-3-9(2)12-7-11-8-13-10(4-5-15-13)6-14(11)16-12/h4-9H,3H2,1-2H3. The molecule has 1 aromatic carbocycles. The van der Waals surface area contributed by atoms with Gasteiger partial charge in [-0.2, -0.15) is 0 Å². The molecule has 16 heavy (non-hydrogen) atoms. The van der Waals surface area contributed by atoms with E-state index in [4.69, 9.17) is 0 Å². The number of benzene rings is 1. The van der Waals surface area contributed by atoms with E-state index in [-0.39, 0.29) is 0 Å². The molecule has 1 unspecified atom stereocenters. The summed E-state index contributed by atoms with van der Waals surface area (Å²) in [6, 6.07) is 9.24. The van der Waals surface area contributed by atoms with Crippen molar-refractivity contribution in [2.24, 2.45) is 0 Å². The molecule has 0 nitrogen and oxygen atoms in total. The molecule has 0 bridgehead atoms. The Morgan fingerprint density at radius 3 is 2.75 bits per heavy atom. The van der Waals surface area contributed by atoms with Gasteiger partial charge in [0, 0.05) is 14.3 Å². The maximum Gasteiger partial charge on any atom is 0.0352 e. The average Bonchev–Trinajstić information content (AvgIpc) is 2.89. The molecule has 0 N–H and O–H groups in total. The van der Waals surface area contributed by atoms with Gasteiger partial charge in [-0.15, -0.1) is 22.7 Å². The zero-order valence-corrected chi connectivity index (χ0v) is 11.1. The molecule has 2 heteroatoms. The van der Waals surface area contributed by atoms with Crippen LogP contribution >= 0.6 is 22.7 Å². The third kappa shape index (κ3) is 1.57. The fourth-order valence-electron chi connectivity index (χ4n) is 1.96. The van der Waals surface area contributed by atoms with E-state index in [1.165, 1.54) is 31.5 Å². The smallest absolute Gasteiger partial charge is 0.0352 e. The van der Waals surface area contributed by atoms with Crippen LogP contribution in [0.5, 0.6) is 0 Å². The lowest BCUT2D eigenvalue weighted by Crippen LogP contribution is -1.84. The topological polar surface area (TPSA) is 0 Å². The summed E-state index contributed by atoms with van der Waals surface area (Å²) in [4.78, 5) is 1.52. The number of fused-ring (bicyclic) bond motifs is 2. The van der Waals surface area contributed by atoms with Crippen LogP contribution < -0.4 is 0 Å². The summed E-state index contributed by atoms with van der Waals surface area (Å²) in [5.41, 5.74) is 0. The van der Waals surface area contributed by atoms with E-state index in [0.717, 1.165) is 0 Å². The quantitative estimate of drug-likeness (QED) is 0.549. The number of hydrogen-bond acceptors (Lipinski definition) is 2. The molecular weight excluding hydrogens is 232 g/mol. The molecule has 0 aliphatic carbocycles. The highest BCUT2D eigenvalue weighted by molar-refractivity contribution is 7.20. The van der Waals surface area contributed by atoms with E-state index in [1.807, 2.05) is 22.7 Å². The van der Waals surface area contributed by atoms with Crippen LogP contribution in [0.1, 0.15) is 31.1 Å². The molecule has 2 heterocycles. The minimum atomic E-state index is 0.690. The molecule has 3 aromatic rings. The van der Waals surface area contributed by atoms with Crippen LogP contribution in [0, 0.1) is 0 Å². The van der Waals surface area contributed by atoms with E-state index < -0.39 is 0 Å². The SMILES string of the molecule is CCC(C)c1cc2cc3sccc3cc2s1. The number of hydrogen-bond donors (Lipinski definition) is 0. The summed E-state index contributed by atoms with van der Waals surface area (Å²) in [7, 11) is 0. The molecule has 0 aliphatic heterocycles. The van der Waals surface area contributed by atoms with Gasteiger partial charge in [0.1, 0.15) is 0 Å². The first kappa shape index (κ1) is 10.3. The fourth-order valence-corrected chi connectivity index (χ4v) is 4.01. The maximum atomic E-state index is 2.37. The predicted molar refractivity (Wildman–Crippen MR) is 75.9 cm³/mol. The summed E-state index contributed by atoms with van der Waals surface area (Å²) in [6.07, 6.45) is 1.22. The van der Waals surface area contributed by atoms with E-state index in [9.17, 15) is 0 Å². The first-order chi connectivity index (χ1) is 7.78. The highest BCUT2D eigenvalue weighted by atomic mass is 32.1. The van der Waals surface area contributed by atoms with Crippen LogP contribution in [0.3, 0.4) is 0 Å². The summed E-state index contributed by atoms with van der Waals surface area (Å²) >= 11 is 3.78. The van der Waals surface area contributed by atoms with E-state index in [2.05, 4.69) is 43.5 Å². The summed E-state index contributed by atoms with van der Waals surface area (Å²) in [5, 5.41) is 4.97. The summed E-state index contributed by atoms with van der Waals surface area (Å²) in [6.45, 7) is 4.57. The molecule has 0 radical (unpaired) electrons. The van der Waals surface area contributed by atoms with Crippen molar-refractivity contribution in [3.05, 3.63) is 34.5 Å². The highest BCUT2D eigenvalue weighted by Gasteiger charge is 2.08. The van der Waals surface area contributed by atoms with E-state index in [0.29, 0.717) is 5.92 Å². The van der Waals surface area contributed by atoms with Gasteiger partial charge in [-0.05, 0) is 52.8 Å². The Hall–Kier alpha value is -0.860. The highest BCUT2D eigenvalue weighted by Crippen LogP contribution is 2.35. The van der Waals surface area contributed by atoms with Crippen molar-refractivity contribution in [3.8, 4) is 0 Å². The third-order valence-electron chi connectivity index (χ3n) is 3.21. The maximum absolute atomic E-state index is 2.37. The Kier molecular flexibility index (Phi) is 2.49. The first-order valence-electron chi connectivity index (χ1n) is 5.68. The lowest BCUT2D eigenvalue weighted by molar-refractivity contribution is 0.748. The van der Waals surface area contributed by atoms with Crippen LogP contribution in [0.2, 0.25) is 0 Å². The first-order valence-corrected chi connectivity index (χ1v) is 7.38. The second-order valence-corrected chi connectivity index (χ2v) is 6.37. The molecule has 2 aromatic heterocycles. The molecule has 0 amide bonds. The van der Waals surface area contributed by atoms with Gasteiger partial charge in [-0.1, -0.05) is 13.8 Å². The van der Waals surface area contributed by atoms with E-state index >= 15 is 0 Å². The van der Waals surface area contributed by atoms with E-state index in [1.54, 1.807) is 0 Å². The summed E-state index contributed by atoms with van der Waals surface area (Å²) < 4.78 is 2.84. The lowest BCUT2D eigenvalue weighted by atomic mass is 10.1. The molecule has 0 saturated heterocycles. The normalized spacial score (nSPS) is 13.6. The Balaban J connectivity index is 2.23. The Morgan fingerprint density at radius 1 is 1.12 bits per heavy atom. The van der Waals surface area contributed by atoms with Crippen molar-refractivity contribution >= 4 is 42.8 Å². The predicted octanol–water partition coefficient (Wildman–Crippen LogP) is 5.63. The zero-order valence-electron chi connectivity index (χ0n) is 9.49. The van der Waals surface area contributed by atoms with Crippen molar-refractivity contribution < 1.29 is 0 Å². The van der Waals surface area contributed by atoms with Crippen LogP contribution in [0.25, 0.3) is 20.2 Å². The molecule has 0 aliphatic rings. The van der Waals surface area contributed by atoms with Crippen molar-refractivity contribution in [2.75, 3.05) is 0 Å². The third-order valence-corrected chi connectivity index (χ3v) is 5.42. The molecule has 0 fully saturated rings. The van der Waals surface area contributed by atoms with Crippen LogP contribution in [-0.4, -0.2) is 0 Å². The van der Waals surface area contributed by atoms with Crippen molar-refractivity contribution in [3.63, 3.8) is 0 Å². The second kappa shape index (κ2) is 3.86. The largest absolute Gasteiger partial charge is 0.144 e. The van der Waals surface area contributed by atoms with Gasteiger partial charge in [0.2, 0.25) is 0 Å². The Bertz CT molecular complexity index is 582. The average molecular weight is 246 g/mol. The molecule has 0 spiro atoms. The minimum absolute atomic E-state index is 0.690. The van der Waals surface area contributed by atoms with Gasteiger partial charge in [-0.25, -0.2) is 0 Å². The van der Waals surface area contributed by atoms with Crippen LogP contribution in [0.15, 0.2) is 29.6 Å². The van der Waals surface area contributed by atoms with Crippen LogP contribution in [0.4, 0.5) is 0 Å². The van der Waals surface area contributed by atoms with Gasteiger partial charge in [0.15, 0.2) is 0 Å². The Morgan fingerprint density at radius 2 is 1.94 bits per heavy atom.